The Labute approximate surface area is 138 Å². The Morgan fingerprint density at radius 2 is 2.12 bits per heavy atom. The van der Waals surface area contributed by atoms with Gasteiger partial charge < -0.3 is 20.5 Å². The van der Waals surface area contributed by atoms with Crippen molar-refractivity contribution in [2.45, 2.75) is 13.3 Å². The number of benzene rings is 1. The molecule has 8 heteroatoms. The molecule has 0 saturated heterocycles. The number of carboxylic acids is 1. The smallest absolute Gasteiger partial charge is 0.335 e. The van der Waals surface area contributed by atoms with Crippen molar-refractivity contribution >= 4 is 23.5 Å². The molecule has 0 aliphatic heterocycles. The van der Waals surface area contributed by atoms with E-state index in [1.54, 1.807) is 13.0 Å². The summed E-state index contributed by atoms with van der Waals surface area (Å²) in [7, 11) is 0. The Bertz CT molecular complexity index is 691. The third kappa shape index (κ3) is 6.19. The molecule has 1 aromatic rings. The largest absolute Gasteiger partial charge is 0.478 e. The van der Waals surface area contributed by atoms with Crippen LogP contribution < -0.4 is 10.6 Å². The van der Waals surface area contributed by atoms with Gasteiger partial charge in [-0.2, -0.15) is 5.26 Å². The Hall–Kier alpha value is -3.34. The van der Waals surface area contributed by atoms with Gasteiger partial charge in [0.25, 0.3) is 5.91 Å². The van der Waals surface area contributed by atoms with Crippen molar-refractivity contribution in [3.8, 4) is 6.07 Å². The number of ether oxygens (including phenoxy) is 1. The molecule has 1 amide bonds. The Morgan fingerprint density at radius 1 is 1.38 bits per heavy atom. The lowest BCUT2D eigenvalue weighted by Crippen LogP contribution is -2.19. The SMILES string of the molecule is CCOC(=O)CCN/C=C(/C#N)C(=O)Nc1cccc(C(=O)O)c1. The van der Waals surface area contributed by atoms with Gasteiger partial charge in [0, 0.05) is 18.4 Å². The van der Waals surface area contributed by atoms with Crippen molar-refractivity contribution in [1.82, 2.24) is 5.32 Å². The summed E-state index contributed by atoms with van der Waals surface area (Å²) in [5.41, 5.74) is 0.0648. The highest BCUT2D eigenvalue weighted by Gasteiger charge is 2.11. The van der Waals surface area contributed by atoms with Crippen LogP contribution in [0.3, 0.4) is 0 Å². The van der Waals surface area contributed by atoms with Gasteiger partial charge >= 0.3 is 11.9 Å². The highest BCUT2D eigenvalue weighted by Crippen LogP contribution is 2.11. The van der Waals surface area contributed by atoms with Crippen LogP contribution in [0, 0.1) is 11.3 Å². The average molecular weight is 331 g/mol. The topological polar surface area (TPSA) is 129 Å². The highest BCUT2D eigenvalue weighted by molar-refractivity contribution is 6.06. The Morgan fingerprint density at radius 3 is 2.75 bits per heavy atom. The van der Waals surface area contributed by atoms with Crippen LogP contribution in [0.5, 0.6) is 0 Å². The molecule has 0 heterocycles. The second-order valence-electron chi connectivity index (χ2n) is 4.52. The summed E-state index contributed by atoms with van der Waals surface area (Å²) in [4.78, 5) is 34.0. The second-order valence-corrected chi connectivity index (χ2v) is 4.52. The minimum atomic E-state index is -1.12. The number of carbonyl (C=O) groups excluding carboxylic acids is 2. The number of rotatable bonds is 8. The number of carbonyl (C=O) groups is 3. The third-order valence-corrected chi connectivity index (χ3v) is 2.76. The molecular formula is C16H17N3O5. The number of nitriles is 1. The molecule has 0 unspecified atom stereocenters. The second kappa shape index (κ2) is 9.63. The van der Waals surface area contributed by atoms with Gasteiger partial charge in [-0.25, -0.2) is 4.79 Å². The predicted octanol–water partition coefficient (Wildman–Crippen LogP) is 1.27. The molecular weight excluding hydrogens is 314 g/mol. The zero-order valence-corrected chi connectivity index (χ0v) is 13.0. The minimum Gasteiger partial charge on any atom is -0.478 e. The predicted molar refractivity (Wildman–Crippen MR) is 85.0 cm³/mol. The monoisotopic (exact) mass is 331 g/mol. The molecule has 0 aliphatic carbocycles. The number of esters is 1. The maximum absolute atomic E-state index is 12.0. The lowest BCUT2D eigenvalue weighted by atomic mass is 10.2. The van der Waals surface area contributed by atoms with E-state index < -0.39 is 11.9 Å². The molecule has 0 aromatic heterocycles. The summed E-state index contributed by atoms with van der Waals surface area (Å²) < 4.78 is 4.74. The lowest BCUT2D eigenvalue weighted by Gasteiger charge is -2.06. The first-order valence-corrected chi connectivity index (χ1v) is 7.12. The summed E-state index contributed by atoms with van der Waals surface area (Å²) in [6.45, 7) is 2.20. The maximum Gasteiger partial charge on any atom is 0.335 e. The molecule has 126 valence electrons. The summed E-state index contributed by atoms with van der Waals surface area (Å²) in [5.74, 6) is -2.20. The van der Waals surface area contributed by atoms with E-state index in [0.29, 0.717) is 0 Å². The molecule has 0 fully saturated rings. The normalized spacial score (nSPS) is 10.4. The van der Waals surface area contributed by atoms with Gasteiger partial charge in [-0.05, 0) is 25.1 Å². The van der Waals surface area contributed by atoms with Crippen molar-refractivity contribution in [1.29, 1.82) is 5.26 Å². The van der Waals surface area contributed by atoms with Gasteiger partial charge in [0.15, 0.2) is 0 Å². The fourth-order valence-electron chi connectivity index (χ4n) is 1.66. The first kappa shape index (κ1) is 18.7. The molecule has 0 saturated carbocycles. The molecule has 8 nitrogen and oxygen atoms in total. The number of aromatic carboxylic acids is 1. The summed E-state index contributed by atoms with van der Waals surface area (Å²) >= 11 is 0. The summed E-state index contributed by atoms with van der Waals surface area (Å²) in [5, 5.41) is 23.0. The zero-order valence-electron chi connectivity index (χ0n) is 13.0. The molecule has 0 bridgehead atoms. The third-order valence-electron chi connectivity index (χ3n) is 2.76. The van der Waals surface area contributed by atoms with E-state index in [-0.39, 0.29) is 42.4 Å². The van der Waals surface area contributed by atoms with Crippen molar-refractivity contribution in [2.75, 3.05) is 18.5 Å². The van der Waals surface area contributed by atoms with E-state index in [4.69, 9.17) is 15.1 Å². The van der Waals surface area contributed by atoms with E-state index in [0.717, 1.165) is 0 Å². The fourth-order valence-corrected chi connectivity index (χ4v) is 1.66. The maximum atomic E-state index is 12.0. The molecule has 1 rings (SSSR count). The van der Waals surface area contributed by atoms with Crippen molar-refractivity contribution in [3.05, 3.63) is 41.6 Å². The molecule has 24 heavy (non-hydrogen) atoms. The van der Waals surface area contributed by atoms with Gasteiger partial charge in [0.1, 0.15) is 11.6 Å². The minimum absolute atomic E-state index is 0.0165. The number of nitrogens with one attached hydrogen (secondary N) is 2. The Kier molecular flexibility index (Phi) is 7.51. The lowest BCUT2D eigenvalue weighted by molar-refractivity contribution is -0.142. The van der Waals surface area contributed by atoms with Gasteiger partial charge in [0.2, 0.25) is 0 Å². The summed E-state index contributed by atoms with van der Waals surface area (Å²) in [6.07, 6.45) is 1.29. The number of nitrogens with zero attached hydrogens (tertiary/aromatic N) is 1. The molecule has 0 atom stereocenters. The van der Waals surface area contributed by atoms with E-state index in [1.807, 2.05) is 0 Å². The summed E-state index contributed by atoms with van der Waals surface area (Å²) in [6, 6.07) is 7.38. The number of amides is 1. The first-order chi connectivity index (χ1) is 11.5. The average Bonchev–Trinajstić information content (AvgIpc) is 2.55. The van der Waals surface area contributed by atoms with E-state index in [1.165, 1.54) is 30.5 Å². The van der Waals surface area contributed by atoms with Crippen LogP contribution in [0.15, 0.2) is 36.0 Å². The van der Waals surface area contributed by atoms with E-state index >= 15 is 0 Å². The van der Waals surface area contributed by atoms with Crippen LogP contribution in [-0.4, -0.2) is 36.1 Å². The van der Waals surface area contributed by atoms with Crippen LogP contribution in [0.25, 0.3) is 0 Å². The van der Waals surface area contributed by atoms with Crippen molar-refractivity contribution < 1.29 is 24.2 Å². The molecule has 0 aliphatic rings. The number of hydrogen-bond donors (Lipinski definition) is 3. The highest BCUT2D eigenvalue weighted by atomic mass is 16.5. The van der Waals surface area contributed by atoms with Crippen LogP contribution in [-0.2, 0) is 14.3 Å². The molecule has 0 radical (unpaired) electrons. The van der Waals surface area contributed by atoms with Crippen LogP contribution in [0.2, 0.25) is 0 Å². The fraction of sp³-hybridized carbons (Fsp3) is 0.250. The molecule has 0 spiro atoms. The van der Waals surface area contributed by atoms with Gasteiger partial charge in [-0.3, -0.25) is 9.59 Å². The zero-order chi connectivity index (χ0) is 17.9. The standard InChI is InChI=1S/C16H17N3O5/c1-2-24-14(20)6-7-18-10-12(9-17)15(21)19-13-5-3-4-11(8-13)16(22)23/h3-5,8,10,18H,2,6-7H2,1H3,(H,19,21)(H,22,23)/b12-10-. The van der Waals surface area contributed by atoms with Crippen molar-refractivity contribution in [3.63, 3.8) is 0 Å². The number of hydrogen-bond acceptors (Lipinski definition) is 6. The van der Waals surface area contributed by atoms with E-state index in [9.17, 15) is 14.4 Å². The quantitative estimate of drug-likeness (QED) is 0.283. The Balaban J connectivity index is 2.62. The number of anilines is 1. The van der Waals surface area contributed by atoms with Gasteiger partial charge in [-0.1, -0.05) is 6.07 Å². The van der Waals surface area contributed by atoms with Crippen LogP contribution >= 0.6 is 0 Å². The molecule has 3 N–H and O–H groups in total. The van der Waals surface area contributed by atoms with Crippen molar-refractivity contribution in [2.24, 2.45) is 0 Å². The number of carboxylic acid groups (broad SMARTS) is 1. The van der Waals surface area contributed by atoms with E-state index in [2.05, 4.69) is 10.6 Å². The first-order valence-electron chi connectivity index (χ1n) is 7.12. The van der Waals surface area contributed by atoms with Gasteiger partial charge in [0.05, 0.1) is 18.6 Å². The van der Waals surface area contributed by atoms with Gasteiger partial charge in [-0.15, -0.1) is 0 Å². The molecule has 1 aromatic carbocycles. The van der Waals surface area contributed by atoms with Crippen LogP contribution in [0.1, 0.15) is 23.7 Å². The van der Waals surface area contributed by atoms with Crippen LogP contribution in [0.4, 0.5) is 5.69 Å².